The largest absolute Gasteiger partial charge is 0.494 e. The molecule has 1 amide bonds. The van der Waals surface area contributed by atoms with Gasteiger partial charge in [0.05, 0.1) is 17.7 Å². The smallest absolute Gasteiger partial charge is 0.417 e. The van der Waals surface area contributed by atoms with Crippen molar-refractivity contribution in [3.05, 3.63) is 52.4 Å². The van der Waals surface area contributed by atoms with Crippen molar-refractivity contribution in [3.8, 4) is 5.75 Å². The van der Waals surface area contributed by atoms with Crippen LogP contribution in [0.15, 0.2) is 30.5 Å². The lowest BCUT2D eigenvalue weighted by Gasteiger charge is -2.11. The SMILES string of the molecule is COc1ccc(CCC(=O)NCCNc2ncc(C(F)(F)F)cc2Cl)cc1F. The van der Waals surface area contributed by atoms with E-state index in [2.05, 4.69) is 15.6 Å². The van der Waals surface area contributed by atoms with Crippen molar-refractivity contribution in [3.63, 3.8) is 0 Å². The maximum atomic E-state index is 13.6. The van der Waals surface area contributed by atoms with Crippen LogP contribution < -0.4 is 15.4 Å². The minimum absolute atomic E-state index is 0.0950. The van der Waals surface area contributed by atoms with E-state index in [0.29, 0.717) is 18.2 Å². The lowest BCUT2D eigenvalue weighted by Crippen LogP contribution is -2.29. The molecule has 2 rings (SSSR count). The average Bonchev–Trinajstić information content (AvgIpc) is 2.63. The Balaban J connectivity index is 1.73. The first-order valence-corrected chi connectivity index (χ1v) is 8.64. The van der Waals surface area contributed by atoms with Crippen LogP contribution in [0.25, 0.3) is 0 Å². The third-order valence-corrected chi connectivity index (χ3v) is 4.05. The molecule has 0 saturated carbocycles. The summed E-state index contributed by atoms with van der Waals surface area (Å²) in [6.45, 7) is 0.440. The number of hydrogen-bond donors (Lipinski definition) is 2. The van der Waals surface area contributed by atoms with Gasteiger partial charge in [-0.05, 0) is 30.2 Å². The Kier molecular flexibility index (Phi) is 7.45. The summed E-state index contributed by atoms with van der Waals surface area (Å²) in [4.78, 5) is 15.5. The van der Waals surface area contributed by atoms with E-state index in [-0.39, 0.29) is 42.0 Å². The van der Waals surface area contributed by atoms with Gasteiger partial charge < -0.3 is 15.4 Å². The predicted octanol–water partition coefficient (Wildman–Crippen LogP) is 4.06. The summed E-state index contributed by atoms with van der Waals surface area (Å²) in [5.41, 5.74) is -0.279. The van der Waals surface area contributed by atoms with E-state index in [9.17, 15) is 22.4 Å². The molecule has 0 atom stereocenters. The minimum atomic E-state index is -4.52. The maximum absolute atomic E-state index is 13.6. The van der Waals surface area contributed by atoms with E-state index in [0.717, 1.165) is 6.07 Å². The molecule has 1 aromatic heterocycles. The number of anilines is 1. The molecule has 1 aromatic carbocycles. The third-order valence-electron chi connectivity index (χ3n) is 3.77. The zero-order chi connectivity index (χ0) is 20.7. The number of carbonyl (C=O) groups excluding carboxylic acids is 1. The number of methoxy groups -OCH3 is 1. The summed E-state index contributed by atoms with van der Waals surface area (Å²) < 4.78 is 56.1. The van der Waals surface area contributed by atoms with Crippen LogP contribution in [0.3, 0.4) is 0 Å². The van der Waals surface area contributed by atoms with Gasteiger partial charge in [-0.25, -0.2) is 9.37 Å². The second kappa shape index (κ2) is 9.59. The average molecular weight is 420 g/mol. The van der Waals surface area contributed by atoms with E-state index in [4.69, 9.17) is 16.3 Å². The number of pyridine rings is 1. The molecule has 5 nitrogen and oxygen atoms in total. The van der Waals surface area contributed by atoms with Gasteiger partial charge in [0.2, 0.25) is 5.91 Å². The fraction of sp³-hybridized carbons (Fsp3) is 0.333. The van der Waals surface area contributed by atoms with Gasteiger partial charge >= 0.3 is 6.18 Å². The summed E-state index contributed by atoms with van der Waals surface area (Å²) >= 11 is 5.78. The highest BCUT2D eigenvalue weighted by Crippen LogP contribution is 2.32. The summed E-state index contributed by atoms with van der Waals surface area (Å²) in [6, 6.07) is 5.26. The van der Waals surface area contributed by atoms with Crippen LogP contribution in [0.1, 0.15) is 17.5 Å². The number of benzene rings is 1. The highest BCUT2D eigenvalue weighted by atomic mass is 35.5. The fourth-order valence-corrected chi connectivity index (χ4v) is 2.55. The molecule has 0 spiro atoms. The Labute approximate surface area is 164 Å². The molecule has 152 valence electrons. The number of nitrogens with zero attached hydrogens (tertiary/aromatic N) is 1. The van der Waals surface area contributed by atoms with Crippen LogP contribution in [0.5, 0.6) is 5.75 Å². The molecule has 1 heterocycles. The Bertz CT molecular complexity index is 831. The van der Waals surface area contributed by atoms with Crippen molar-refractivity contribution < 1.29 is 27.1 Å². The van der Waals surface area contributed by atoms with Crippen LogP contribution in [-0.4, -0.2) is 31.1 Å². The second-order valence-corrected chi connectivity index (χ2v) is 6.21. The monoisotopic (exact) mass is 419 g/mol. The first kappa shape index (κ1) is 21.7. The molecule has 0 aliphatic carbocycles. The first-order valence-electron chi connectivity index (χ1n) is 8.26. The zero-order valence-electron chi connectivity index (χ0n) is 14.9. The topological polar surface area (TPSA) is 63.2 Å². The number of aryl methyl sites for hydroxylation is 1. The number of aromatic nitrogens is 1. The van der Waals surface area contributed by atoms with Gasteiger partial charge in [0.15, 0.2) is 11.6 Å². The molecule has 0 fully saturated rings. The highest BCUT2D eigenvalue weighted by molar-refractivity contribution is 6.32. The van der Waals surface area contributed by atoms with Gasteiger partial charge in [-0.3, -0.25) is 4.79 Å². The number of carbonyl (C=O) groups is 1. The standard InChI is InChI=1S/C18H18ClF4N3O2/c1-28-15-4-2-11(8-14(15)20)3-5-16(27)24-6-7-25-17-13(19)9-12(10-26-17)18(21,22)23/h2,4,8-10H,3,5-7H2,1H3,(H,24,27)(H,25,26). The maximum Gasteiger partial charge on any atom is 0.417 e. The van der Waals surface area contributed by atoms with Crippen LogP contribution in [0, 0.1) is 5.82 Å². The zero-order valence-corrected chi connectivity index (χ0v) is 15.6. The van der Waals surface area contributed by atoms with Crippen LogP contribution in [0.4, 0.5) is 23.4 Å². The number of nitrogens with one attached hydrogen (secondary N) is 2. The van der Waals surface area contributed by atoms with E-state index in [1.165, 1.54) is 19.2 Å². The van der Waals surface area contributed by atoms with Crippen LogP contribution >= 0.6 is 11.6 Å². The van der Waals surface area contributed by atoms with E-state index < -0.39 is 17.6 Å². The minimum Gasteiger partial charge on any atom is -0.494 e. The number of amides is 1. The lowest BCUT2D eigenvalue weighted by molar-refractivity contribution is -0.137. The van der Waals surface area contributed by atoms with E-state index in [1.54, 1.807) is 6.07 Å². The number of rotatable bonds is 8. The number of alkyl halides is 3. The molecule has 28 heavy (non-hydrogen) atoms. The number of ether oxygens (including phenoxy) is 1. The molecule has 2 aromatic rings. The lowest BCUT2D eigenvalue weighted by atomic mass is 10.1. The molecule has 0 saturated heterocycles. The summed E-state index contributed by atoms with van der Waals surface area (Å²) in [6.07, 6.45) is -3.33. The number of halogens is 5. The van der Waals surface area contributed by atoms with Crippen molar-refractivity contribution in [1.29, 1.82) is 0 Å². The van der Waals surface area contributed by atoms with Crippen molar-refractivity contribution >= 4 is 23.3 Å². The van der Waals surface area contributed by atoms with Gasteiger partial charge in [-0.2, -0.15) is 13.2 Å². The number of hydrogen-bond acceptors (Lipinski definition) is 4. The van der Waals surface area contributed by atoms with Gasteiger partial charge in [0.25, 0.3) is 0 Å². The Hall–Kier alpha value is -2.55. The molecule has 0 bridgehead atoms. The van der Waals surface area contributed by atoms with Crippen LogP contribution in [0.2, 0.25) is 5.02 Å². The summed E-state index contributed by atoms with van der Waals surface area (Å²) in [5, 5.41) is 5.23. The molecule has 0 unspecified atom stereocenters. The molecule has 10 heteroatoms. The Morgan fingerprint density at radius 2 is 2.00 bits per heavy atom. The van der Waals surface area contributed by atoms with E-state index >= 15 is 0 Å². The first-order chi connectivity index (χ1) is 13.2. The normalized spacial score (nSPS) is 11.2. The molecular formula is C18H18ClF4N3O2. The second-order valence-electron chi connectivity index (χ2n) is 5.80. The van der Waals surface area contributed by atoms with Gasteiger partial charge in [0.1, 0.15) is 5.82 Å². The predicted molar refractivity (Wildman–Crippen MR) is 97.0 cm³/mol. The molecule has 0 aliphatic rings. The quantitative estimate of drug-likeness (QED) is 0.500. The van der Waals surface area contributed by atoms with Gasteiger partial charge in [-0.15, -0.1) is 0 Å². The van der Waals surface area contributed by atoms with E-state index in [1.807, 2.05) is 0 Å². The highest BCUT2D eigenvalue weighted by Gasteiger charge is 2.31. The van der Waals surface area contributed by atoms with Crippen LogP contribution in [-0.2, 0) is 17.4 Å². The molecular weight excluding hydrogens is 402 g/mol. The van der Waals surface area contributed by atoms with Crippen molar-refractivity contribution in [2.24, 2.45) is 0 Å². The summed E-state index contributed by atoms with van der Waals surface area (Å²) in [7, 11) is 1.37. The van der Waals surface area contributed by atoms with Gasteiger partial charge in [0, 0.05) is 25.7 Å². The molecule has 0 aliphatic heterocycles. The third kappa shape index (κ3) is 6.26. The summed E-state index contributed by atoms with van der Waals surface area (Å²) in [5.74, 6) is -0.512. The molecule has 0 radical (unpaired) electrons. The van der Waals surface area contributed by atoms with Crippen molar-refractivity contribution in [2.45, 2.75) is 19.0 Å². The molecule has 2 N–H and O–H groups in total. The van der Waals surface area contributed by atoms with Gasteiger partial charge in [-0.1, -0.05) is 17.7 Å². The van der Waals surface area contributed by atoms with Crippen molar-refractivity contribution in [1.82, 2.24) is 10.3 Å². The fourth-order valence-electron chi connectivity index (χ4n) is 2.32. The Morgan fingerprint density at radius 3 is 2.61 bits per heavy atom. The van der Waals surface area contributed by atoms with Crippen molar-refractivity contribution in [2.75, 3.05) is 25.5 Å². The Morgan fingerprint density at radius 1 is 1.25 bits per heavy atom.